The number of halogens is 1. The van der Waals surface area contributed by atoms with Gasteiger partial charge in [-0.05, 0) is 6.07 Å². The Labute approximate surface area is 108 Å². The Morgan fingerprint density at radius 3 is 2.89 bits per heavy atom. The zero-order valence-corrected chi connectivity index (χ0v) is 9.81. The normalized spacial score (nSPS) is 20.0. The number of fused-ring (bicyclic) bond motifs is 1. The standard InChI is InChI=1S/C14H9FN2O2/c1-2-14(15)18-12-5-3-4-10(13(12)19-14)11-8-17-7-9(11)6-16/h2-5,7-8,17H,1H2. The highest BCUT2D eigenvalue weighted by Gasteiger charge is 2.40. The number of hydrogen-bond donors (Lipinski definition) is 1. The number of hydrogen-bond acceptors (Lipinski definition) is 3. The van der Waals surface area contributed by atoms with E-state index in [0.29, 0.717) is 16.7 Å². The molecule has 1 unspecified atom stereocenters. The molecule has 1 aromatic heterocycles. The largest absolute Gasteiger partial charge is 0.429 e. The molecule has 3 rings (SSSR count). The van der Waals surface area contributed by atoms with Crippen molar-refractivity contribution in [3.63, 3.8) is 0 Å². The van der Waals surface area contributed by atoms with Crippen molar-refractivity contribution in [1.82, 2.24) is 4.98 Å². The van der Waals surface area contributed by atoms with Crippen molar-refractivity contribution in [1.29, 1.82) is 5.26 Å². The van der Waals surface area contributed by atoms with Crippen LogP contribution in [0.2, 0.25) is 0 Å². The van der Waals surface area contributed by atoms with Gasteiger partial charge in [0, 0.05) is 29.6 Å². The van der Waals surface area contributed by atoms with E-state index in [2.05, 4.69) is 17.6 Å². The molecule has 0 fully saturated rings. The number of rotatable bonds is 2. The predicted molar refractivity (Wildman–Crippen MR) is 66.2 cm³/mol. The molecule has 1 atom stereocenters. The second-order valence-electron chi connectivity index (χ2n) is 4.02. The second kappa shape index (κ2) is 3.89. The molecule has 2 heterocycles. The Bertz CT molecular complexity index is 702. The van der Waals surface area contributed by atoms with Gasteiger partial charge in [0.2, 0.25) is 0 Å². The highest BCUT2D eigenvalue weighted by molar-refractivity contribution is 5.78. The van der Waals surface area contributed by atoms with Crippen LogP contribution in [0.15, 0.2) is 43.2 Å². The number of ether oxygens (including phenoxy) is 2. The molecule has 0 spiro atoms. The van der Waals surface area contributed by atoms with Crippen molar-refractivity contribution < 1.29 is 13.9 Å². The summed E-state index contributed by atoms with van der Waals surface area (Å²) in [6.45, 7) is 3.34. The summed E-state index contributed by atoms with van der Waals surface area (Å²) in [6, 6.07) is 4.74. The van der Waals surface area contributed by atoms with Crippen LogP contribution in [0.5, 0.6) is 11.5 Å². The van der Waals surface area contributed by atoms with E-state index in [1.165, 1.54) is 0 Å². The highest BCUT2D eigenvalue weighted by Crippen LogP contribution is 2.47. The number of nitriles is 1. The third-order valence-electron chi connectivity index (χ3n) is 2.87. The summed E-state index contributed by atoms with van der Waals surface area (Å²) in [5.74, 6) is 0.547. The summed E-state index contributed by atoms with van der Waals surface area (Å²) < 4.78 is 24.2. The number of para-hydroxylation sites is 1. The van der Waals surface area contributed by atoms with Gasteiger partial charge in [-0.3, -0.25) is 0 Å². The fourth-order valence-corrected chi connectivity index (χ4v) is 1.99. The SMILES string of the molecule is C=CC1(F)Oc2cccc(-c3c[nH]cc3C#N)c2O1. The summed E-state index contributed by atoms with van der Waals surface area (Å²) in [4.78, 5) is 2.84. The van der Waals surface area contributed by atoms with Gasteiger partial charge in [-0.1, -0.05) is 18.7 Å². The zero-order valence-electron chi connectivity index (χ0n) is 9.81. The molecule has 1 aliphatic heterocycles. The van der Waals surface area contributed by atoms with Crippen molar-refractivity contribution in [2.45, 2.75) is 6.04 Å². The van der Waals surface area contributed by atoms with Crippen molar-refractivity contribution >= 4 is 0 Å². The Hall–Kier alpha value is -2.74. The first-order chi connectivity index (χ1) is 9.17. The summed E-state index contributed by atoms with van der Waals surface area (Å²) in [5.41, 5.74) is 1.68. The molecule has 5 heteroatoms. The average molecular weight is 256 g/mol. The molecule has 0 saturated heterocycles. The van der Waals surface area contributed by atoms with Gasteiger partial charge in [-0.2, -0.15) is 9.65 Å². The minimum absolute atomic E-state index is 0.265. The fraction of sp³-hybridized carbons (Fsp3) is 0.0714. The van der Waals surface area contributed by atoms with Gasteiger partial charge in [0.1, 0.15) is 6.07 Å². The third-order valence-corrected chi connectivity index (χ3v) is 2.87. The molecule has 0 saturated carbocycles. The van der Waals surface area contributed by atoms with Crippen LogP contribution in [-0.4, -0.2) is 11.0 Å². The molecule has 2 aromatic rings. The summed E-state index contributed by atoms with van der Waals surface area (Å²) in [7, 11) is 0. The number of nitrogens with one attached hydrogen (secondary N) is 1. The quantitative estimate of drug-likeness (QED) is 0.840. The number of nitrogens with zero attached hydrogens (tertiary/aromatic N) is 1. The number of aromatic nitrogens is 1. The lowest BCUT2D eigenvalue weighted by molar-refractivity contribution is -0.145. The number of benzene rings is 1. The summed E-state index contributed by atoms with van der Waals surface area (Å²) >= 11 is 0. The van der Waals surface area contributed by atoms with Gasteiger partial charge in [0.05, 0.1) is 5.56 Å². The first-order valence-corrected chi connectivity index (χ1v) is 5.57. The van der Waals surface area contributed by atoms with E-state index in [0.717, 1.165) is 6.08 Å². The lowest BCUT2D eigenvalue weighted by Crippen LogP contribution is -2.29. The first kappa shape index (κ1) is 11.4. The lowest BCUT2D eigenvalue weighted by Gasteiger charge is -2.12. The molecular weight excluding hydrogens is 247 g/mol. The monoisotopic (exact) mass is 256 g/mol. The van der Waals surface area contributed by atoms with Crippen LogP contribution in [0.1, 0.15) is 5.56 Å². The molecule has 0 bridgehead atoms. The van der Waals surface area contributed by atoms with Gasteiger partial charge in [0.15, 0.2) is 11.5 Å². The first-order valence-electron chi connectivity index (χ1n) is 5.57. The van der Waals surface area contributed by atoms with Crippen LogP contribution in [0.3, 0.4) is 0 Å². The van der Waals surface area contributed by atoms with Crippen LogP contribution in [0.25, 0.3) is 11.1 Å². The van der Waals surface area contributed by atoms with Gasteiger partial charge < -0.3 is 14.5 Å². The molecular formula is C14H9FN2O2. The maximum absolute atomic E-state index is 14.0. The Morgan fingerprint density at radius 2 is 2.16 bits per heavy atom. The van der Waals surface area contributed by atoms with Gasteiger partial charge >= 0.3 is 6.04 Å². The Balaban J connectivity index is 2.16. The minimum atomic E-state index is -2.36. The van der Waals surface area contributed by atoms with Gasteiger partial charge in [-0.25, -0.2) is 0 Å². The van der Waals surface area contributed by atoms with Gasteiger partial charge in [-0.15, -0.1) is 0 Å². The lowest BCUT2D eigenvalue weighted by atomic mass is 10.0. The fourth-order valence-electron chi connectivity index (χ4n) is 1.99. The van der Waals surface area contributed by atoms with Crippen LogP contribution in [-0.2, 0) is 0 Å². The van der Waals surface area contributed by atoms with Crippen molar-refractivity contribution in [2.24, 2.45) is 0 Å². The number of alkyl halides is 1. The smallest absolute Gasteiger partial charge is 0.419 e. The van der Waals surface area contributed by atoms with E-state index < -0.39 is 6.04 Å². The number of aromatic amines is 1. The van der Waals surface area contributed by atoms with E-state index >= 15 is 0 Å². The summed E-state index contributed by atoms with van der Waals surface area (Å²) in [5, 5.41) is 9.03. The Kier molecular flexibility index (Phi) is 2.32. The van der Waals surface area contributed by atoms with Crippen LogP contribution >= 0.6 is 0 Å². The molecule has 1 N–H and O–H groups in total. The molecule has 1 aliphatic rings. The topological polar surface area (TPSA) is 58.0 Å². The minimum Gasteiger partial charge on any atom is -0.419 e. The maximum atomic E-state index is 14.0. The molecule has 94 valence electrons. The van der Waals surface area contributed by atoms with E-state index in [9.17, 15) is 4.39 Å². The summed E-state index contributed by atoms with van der Waals surface area (Å²) in [6.07, 6.45) is 4.17. The van der Waals surface area contributed by atoms with E-state index in [1.807, 2.05) is 0 Å². The van der Waals surface area contributed by atoms with Crippen LogP contribution < -0.4 is 9.47 Å². The van der Waals surface area contributed by atoms with E-state index in [-0.39, 0.29) is 11.5 Å². The average Bonchev–Trinajstić information content (AvgIpc) is 3.01. The van der Waals surface area contributed by atoms with Gasteiger partial charge in [0.25, 0.3) is 0 Å². The molecule has 1 aromatic carbocycles. The molecule has 0 radical (unpaired) electrons. The van der Waals surface area contributed by atoms with E-state index in [4.69, 9.17) is 14.7 Å². The molecule has 4 nitrogen and oxygen atoms in total. The third kappa shape index (κ3) is 1.66. The van der Waals surface area contributed by atoms with Crippen molar-refractivity contribution in [3.8, 4) is 28.7 Å². The second-order valence-corrected chi connectivity index (χ2v) is 4.02. The molecule has 19 heavy (non-hydrogen) atoms. The van der Waals surface area contributed by atoms with Crippen molar-refractivity contribution in [2.75, 3.05) is 0 Å². The number of H-pyrrole nitrogens is 1. The zero-order chi connectivity index (χ0) is 13.5. The predicted octanol–water partition coefficient (Wildman–Crippen LogP) is 3.13. The highest BCUT2D eigenvalue weighted by atomic mass is 19.2. The maximum Gasteiger partial charge on any atom is 0.429 e. The Morgan fingerprint density at radius 1 is 1.32 bits per heavy atom. The van der Waals surface area contributed by atoms with E-state index in [1.54, 1.807) is 30.6 Å². The molecule has 0 aliphatic carbocycles. The molecule has 0 amide bonds. The van der Waals surface area contributed by atoms with Crippen LogP contribution in [0, 0.1) is 11.3 Å². The van der Waals surface area contributed by atoms with Crippen molar-refractivity contribution in [3.05, 3.63) is 48.8 Å². The van der Waals surface area contributed by atoms with Crippen LogP contribution in [0.4, 0.5) is 4.39 Å².